The first kappa shape index (κ1) is 24.1. The maximum Gasteiger partial charge on any atom is 0.266 e. The van der Waals surface area contributed by atoms with E-state index >= 15 is 0 Å². The molecule has 0 N–H and O–H groups in total. The van der Waals surface area contributed by atoms with E-state index in [-0.39, 0.29) is 5.56 Å². The van der Waals surface area contributed by atoms with E-state index in [0.29, 0.717) is 6.54 Å². The summed E-state index contributed by atoms with van der Waals surface area (Å²) in [5, 5.41) is 4.61. The summed E-state index contributed by atoms with van der Waals surface area (Å²) in [6, 6.07) is 19.6. The highest BCUT2D eigenvalue weighted by Gasteiger charge is 2.19. The van der Waals surface area contributed by atoms with Crippen molar-refractivity contribution in [2.75, 3.05) is 44.7 Å². The number of hydrogen-bond donors (Lipinski definition) is 0. The minimum Gasteiger partial charge on any atom is -0.495 e. The van der Waals surface area contributed by atoms with Crippen LogP contribution in [0.2, 0.25) is 0 Å². The Morgan fingerprint density at radius 1 is 0.833 bits per heavy atom. The Hall–Kier alpha value is -3.65. The average Bonchev–Trinajstić information content (AvgIpc) is 3.36. The largest absolute Gasteiger partial charge is 0.495 e. The molecule has 1 fully saturated rings. The maximum atomic E-state index is 12.4. The van der Waals surface area contributed by atoms with E-state index in [1.165, 1.54) is 12.1 Å². The quantitative estimate of drug-likeness (QED) is 0.316. The van der Waals surface area contributed by atoms with Crippen molar-refractivity contribution >= 4 is 16.7 Å². The van der Waals surface area contributed by atoms with Gasteiger partial charge in [0.15, 0.2) is 5.82 Å². The van der Waals surface area contributed by atoms with Crippen molar-refractivity contribution in [2.24, 2.45) is 0 Å². The van der Waals surface area contributed by atoms with Crippen molar-refractivity contribution in [3.63, 3.8) is 0 Å². The van der Waals surface area contributed by atoms with Crippen LogP contribution in [0.1, 0.15) is 25.7 Å². The predicted molar refractivity (Wildman–Crippen MR) is 143 cm³/mol. The van der Waals surface area contributed by atoms with Gasteiger partial charge >= 0.3 is 0 Å². The van der Waals surface area contributed by atoms with E-state index in [2.05, 4.69) is 32.0 Å². The van der Waals surface area contributed by atoms with Crippen molar-refractivity contribution in [3.8, 4) is 11.6 Å². The Bertz CT molecular complexity index is 1340. The molecule has 1 aliphatic rings. The van der Waals surface area contributed by atoms with Gasteiger partial charge in [-0.15, -0.1) is 0 Å². The van der Waals surface area contributed by atoms with Gasteiger partial charge in [-0.25, -0.2) is 9.67 Å². The molecule has 0 spiro atoms. The molecular formula is C28H34N6O2. The van der Waals surface area contributed by atoms with Gasteiger partial charge in [0.05, 0.1) is 23.8 Å². The van der Waals surface area contributed by atoms with Crippen LogP contribution in [0, 0.1) is 0 Å². The van der Waals surface area contributed by atoms with Crippen LogP contribution in [0.25, 0.3) is 16.9 Å². The fourth-order valence-corrected chi connectivity index (χ4v) is 4.92. The van der Waals surface area contributed by atoms with Gasteiger partial charge in [-0.3, -0.25) is 14.3 Å². The molecule has 4 aromatic rings. The van der Waals surface area contributed by atoms with E-state index in [1.807, 2.05) is 41.0 Å². The molecule has 0 unspecified atom stereocenters. The number of piperazine rings is 1. The van der Waals surface area contributed by atoms with Crippen molar-refractivity contribution < 1.29 is 4.74 Å². The SMILES string of the molecule is COc1ccccc1N1CCN(CCCCCCn2nc(-n3cnc4ccccc43)ccc2=O)CC1. The Morgan fingerprint density at radius 2 is 1.58 bits per heavy atom. The number of nitrogens with zero attached hydrogens (tertiary/aromatic N) is 6. The lowest BCUT2D eigenvalue weighted by Crippen LogP contribution is -2.46. The summed E-state index contributed by atoms with van der Waals surface area (Å²) in [5.41, 5.74) is 3.03. The lowest BCUT2D eigenvalue weighted by Gasteiger charge is -2.36. The van der Waals surface area contributed by atoms with Crippen LogP contribution >= 0.6 is 0 Å². The van der Waals surface area contributed by atoms with Crippen LogP contribution in [-0.4, -0.2) is 64.1 Å². The molecular weight excluding hydrogens is 452 g/mol. The summed E-state index contributed by atoms with van der Waals surface area (Å²) >= 11 is 0. The van der Waals surface area contributed by atoms with Gasteiger partial charge in [-0.2, -0.15) is 5.10 Å². The molecule has 0 bridgehead atoms. The first-order valence-electron chi connectivity index (χ1n) is 12.8. The van der Waals surface area contributed by atoms with E-state index in [9.17, 15) is 4.79 Å². The second kappa shape index (κ2) is 11.4. The van der Waals surface area contributed by atoms with Crippen LogP contribution in [0.4, 0.5) is 5.69 Å². The molecule has 2 aromatic carbocycles. The average molecular weight is 487 g/mol. The molecule has 8 nitrogen and oxygen atoms in total. The van der Waals surface area contributed by atoms with E-state index in [1.54, 1.807) is 30.3 Å². The molecule has 5 rings (SSSR count). The third-order valence-corrected chi connectivity index (χ3v) is 6.95. The molecule has 2 aromatic heterocycles. The summed E-state index contributed by atoms with van der Waals surface area (Å²) in [4.78, 5) is 21.8. The normalized spacial score (nSPS) is 14.4. The highest BCUT2D eigenvalue weighted by Crippen LogP contribution is 2.28. The topological polar surface area (TPSA) is 68.4 Å². The number of anilines is 1. The highest BCUT2D eigenvalue weighted by molar-refractivity contribution is 5.76. The molecule has 0 aliphatic carbocycles. The molecule has 3 heterocycles. The van der Waals surface area contributed by atoms with E-state index in [0.717, 1.165) is 74.6 Å². The lowest BCUT2D eigenvalue weighted by atomic mass is 10.1. The van der Waals surface area contributed by atoms with Crippen LogP contribution in [0.15, 0.2) is 71.8 Å². The van der Waals surface area contributed by atoms with Gasteiger partial charge in [-0.05, 0) is 49.7 Å². The van der Waals surface area contributed by atoms with Crippen molar-refractivity contribution in [2.45, 2.75) is 32.2 Å². The molecule has 36 heavy (non-hydrogen) atoms. The number of aryl methyl sites for hydroxylation is 1. The third kappa shape index (κ3) is 5.44. The number of unbranched alkanes of at least 4 members (excludes halogenated alkanes) is 3. The summed E-state index contributed by atoms with van der Waals surface area (Å²) in [6.45, 7) is 5.97. The van der Waals surface area contributed by atoms with Gasteiger partial charge < -0.3 is 9.64 Å². The zero-order valence-electron chi connectivity index (χ0n) is 20.9. The summed E-state index contributed by atoms with van der Waals surface area (Å²) in [7, 11) is 1.74. The minimum absolute atomic E-state index is 0.0592. The van der Waals surface area contributed by atoms with Crippen molar-refractivity contribution in [3.05, 3.63) is 77.3 Å². The first-order chi connectivity index (χ1) is 17.7. The van der Waals surface area contributed by atoms with Crippen LogP contribution < -0.4 is 15.2 Å². The number of aromatic nitrogens is 4. The number of imidazole rings is 1. The standard InChI is InChI=1S/C28H34N6O2/c1-36-26-13-7-6-12-25(26)32-20-18-31(19-21-32)16-8-2-3-9-17-34-28(35)15-14-27(30-34)33-22-29-23-10-4-5-11-24(23)33/h4-7,10-15,22H,2-3,8-9,16-21H2,1H3. The molecule has 0 atom stereocenters. The second-order valence-corrected chi connectivity index (χ2v) is 9.27. The second-order valence-electron chi connectivity index (χ2n) is 9.27. The summed E-state index contributed by atoms with van der Waals surface area (Å²) in [6.07, 6.45) is 6.14. The van der Waals surface area contributed by atoms with Gasteiger partial charge in [0.25, 0.3) is 5.56 Å². The highest BCUT2D eigenvalue weighted by atomic mass is 16.5. The zero-order chi connectivity index (χ0) is 24.7. The van der Waals surface area contributed by atoms with Gasteiger partial charge in [0, 0.05) is 38.8 Å². The third-order valence-electron chi connectivity index (χ3n) is 6.95. The maximum absolute atomic E-state index is 12.4. The van der Waals surface area contributed by atoms with Gasteiger partial charge in [-0.1, -0.05) is 37.1 Å². The Labute approximate surface area is 211 Å². The molecule has 0 saturated carbocycles. The van der Waals surface area contributed by atoms with Crippen LogP contribution in [0.3, 0.4) is 0 Å². The molecule has 1 aliphatic heterocycles. The monoisotopic (exact) mass is 486 g/mol. The number of benzene rings is 2. The number of ether oxygens (including phenoxy) is 1. The fraction of sp³-hybridized carbons (Fsp3) is 0.393. The molecule has 0 radical (unpaired) electrons. The first-order valence-corrected chi connectivity index (χ1v) is 12.8. The number of para-hydroxylation sites is 4. The predicted octanol–water partition coefficient (Wildman–Crippen LogP) is 3.97. The molecule has 1 saturated heterocycles. The Kier molecular flexibility index (Phi) is 7.61. The zero-order valence-corrected chi connectivity index (χ0v) is 20.9. The molecule has 188 valence electrons. The minimum atomic E-state index is -0.0592. The molecule has 8 heteroatoms. The Morgan fingerprint density at radius 3 is 2.42 bits per heavy atom. The fourth-order valence-electron chi connectivity index (χ4n) is 4.92. The Balaban J connectivity index is 1.05. The van der Waals surface area contributed by atoms with Crippen LogP contribution in [0.5, 0.6) is 5.75 Å². The van der Waals surface area contributed by atoms with Crippen molar-refractivity contribution in [1.29, 1.82) is 0 Å². The van der Waals surface area contributed by atoms with E-state index < -0.39 is 0 Å². The number of hydrogen-bond acceptors (Lipinski definition) is 6. The smallest absolute Gasteiger partial charge is 0.266 e. The lowest BCUT2D eigenvalue weighted by molar-refractivity contribution is 0.251. The van der Waals surface area contributed by atoms with Gasteiger partial charge in [0.2, 0.25) is 0 Å². The number of rotatable bonds is 10. The van der Waals surface area contributed by atoms with Gasteiger partial charge in [0.1, 0.15) is 12.1 Å². The van der Waals surface area contributed by atoms with Crippen molar-refractivity contribution in [1.82, 2.24) is 24.2 Å². The number of methoxy groups -OCH3 is 1. The number of fused-ring (bicyclic) bond motifs is 1. The molecule has 0 amide bonds. The summed E-state index contributed by atoms with van der Waals surface area (Å²) < 4.78 is 9.04. The summed E-state index contributed by atoms with van der Waals surface area (Å²) in [5.74, 6) is 1.67. The van der Waals surface area contributed by atoms with Crippen LogP contribution in [-0.2, 0) is 6.54 Å². The van der Waals surface area contributed by atoms with E-state index in [4.69, 9.17) is 4.74 Å².